The highest BCUT2D eigenvalue weighted by Crippen LogP contribution is 2.26. The highest BCUT2D eigenvalue weighted by atomic mass is 19.1. The number of halogens is 1. The molecule has 2 atom stereocenters. The number of Topliss-reactive ketones (excluding diaryl/α,β-unsaturated/α-hetero) is 1. The van der Waals surface area contributed by atoms with E-state index in [1.54, 1.807) is 12.1 Å². The van der Waals surface area contributed by atoms with Crippen LogP contribution in [0.2, 0.25) is 0 Å². The number of rotatable bonds is 2. The van der Waals surface area contributed by atoms with Crippen LogP contribution >= 0.6 is 0 Å². The van der Waals surface area contributed by atoms with Crippen molar-refractivity contribution in [1.82, 2.24) is 0 Å². The first kappa shape index (κ1) is 11.3. The van der Waals surface area contributed by atoms with Gasteiger partial charge in [0, 0.05) is 17.5 Å². The predicted molar refractivity (Wildman–Crippen MR) is 60.7 cm³/mol. The number of carbonyl (C=O) groups excluding carboxylic acids is 1. The lowest BCUT2D eigenvalue weighted by atomic mass is 9.81. The normalized spacial score (nSPS) is 25.4. The topological polar surface area (TPSA) is 43.1 Å². The van der Waals surface area contributed by atoms with Gasteiger partial charge in [-0.3, -0.25) is 4.79 Å². The zero-order chi connectivity index (χ0) is 11.5. The summed E-state index contributed by atoms with van der Waals surface area (Å²) in [6.45, 7) is 0. The van der Waals surface area contributed by atoms with Crippen LogP contribution in [0.25, 0.3) is 0 Å². The van der Waals surface area contributed by atoms with Crippen LogP contribution in [-0.4, -0.2) is 11.8 Å². The van der Waals surface area contributed by atoms with Gasteiger partial charge in [-0.25, -0.2) is 4.39 Å². The molecule has 0 aromatic heterocycles. The lowest BCUT2D eigenvalue weighted by molar-refractivity contribution is 0.0881. The fraction of sp³-hybridized carbons (Fsp3) is 0.462. The number of hydrogen-bond donors (Lipinski definition) is 1. The standard InChI is InChI=1S/C13H16FNO/c14-11-6-4-9(5-7-11)13(16)10-2-1-3-12(15)8-10/h4-7,10,12H,1-3,8,15H2. The summed E-state index contributed by atoms with van der Waals surface area (Å²) in [5, 5.41) is 0. The molecule has 1 saturated carbocycles. The molecule has 0 bridgehead atoms. The van der Waals surface area contributed by atoms with Gasteiger partial charge in [-0.1, -0.05) is 6.42 Å². The first-order valence-electron chi connectivity index (χ1n) is 5.72. The summed E-state index contributed by atoms with van der Waals surface area (Å²) in [4.78, 5) is 12.1. The maximum absolute atomic E-state index is 12.7. The Labute approximate surface area is 94.6 Å². The maximum Gasteiger partial charge on any atom is 0.166 e. The molecule has 1 aromatic carbocycles. The van der Waals surface area contributed by atoms with Gasteiger partial charge in [0.05, 0.1) is 0 Å². The van der Waals surface area contributed by atoms with E-state index in [0.29, 0.717) is 5.56 Å². The molecule has 1 aromatic rings. The Morgan fingerprint density at radius 1 is 1.25 bits per heavy atom. The van der Waals surface area contributed by atoms with E-state index < -0.39 is 0 Å². The summed E-state index contributed by atoms with van der Waals surface area (Å²) in [5.41, 5.74) is 6.45. The van der Waals surface area contributed by atoms with Crippen molar-refractivity contribution in [1.29, 1.82) is 0 Å². The monoisotopic (exact) mass is 221 g/mol. The Bertz CT molecular complexity index is 374. The lowest BCUT2D eigenvalue weighted by Gasteiger charge is -2.25. The summed E-state index contributed by atoms with van der Waals surface area (Å²) >= 11 is 0. The Morgan fingerprint density at radius 3 is 2.56 bits per heavy atom. The van der Waals surface area contributed by atoms with Crippen LogP contribution in [0.15, 0.2) is 24.3 Å². The number of ketones is 1. The Hall–Kier alpha value is -1.22. The number of nitrogens with two attached hydrogens (primary N) is 1. The SMILES string of the molecule is NC1CCCC(C(=O)c2ccc(F)cc2)C1. The quantitative estimate of drug-likeness (QED) is 0.780. The van der Waals surface area contributed by atoms with E-state index in [1.165, 1.54) is 12.1 Å². The van der Waals surface area contributed by atoms with Crippen LogP contribution in [0, 0.1) is 11.7 Å². The molecule has 2 N–H and O–H groups in total. The predicted octanol–water partition coefficient (Wildman–Crippen LogP) is 2.53. The van der Waals surface area contributed by atoms with Crippen LogP contribution in [0.3, 0.4) is 0 Å². The smallest absolute Gasteiger partial charge is 0.166 e. The zero-order valence-corrected chi connectivity index (χ0v) is 9.16. The molecule has 0 amide bonds. The minimum atomic E-state index is -0.308. The number of carbonyl (C=O) groups is 1. The first-order chi connectivity index (χ1) is 7.66. The lowest BCUT2D eigenvalue weighted by Crippen LogP contribution is -2.31. The van der Waals surface area contributed by atoms with Crippen LogP contribution in [0.1, 0.15) is 36.0 Å². The van der Waals surface area contributed by atoms with Crippen molar-refractivity contribution >= 4 is 5.78 Å². The van der Waals surface area contributed by atoms with E-state index in [9.17, 15) is 9.18 Å². The largest absolute Gasteiger partial charge is 0.328 e. The van der Waals surface area contributed by atoms with E-state index >= 15 is 0 Å². The highest BCUT2D eigenvalue weighted by Gasteiger charge is 2.25. The van der Waals surface area contributed by atoms with E-state index in [1.807, 2.05) is 0 Å². The third-order valence-electron chi connectivity index (χ3n) is 3.21. The van der Waals surface area contributed by atoms with Crippen LogP contribution in [-0.2, 0) is 0 Å². The molecule has 1 fully saturated rings. The van der Waals surface area contributed by atoms with Gasteiger partial charge in [-0.15, -0.1) is 0 Å². The molecular formula is C13H16FNO. The van der Waals surface area contributed by atoms with Crippen LogP contribution < -0.4 is 5.73 Å². The Morgan fingerprint density at radius 2 is 1.94 bits per heavy atom. The van der Waals surface area contributed by atoms with Gasteiger partial charge >= 0.3 is 0 Å². The van der Waals surface area contributed by atoms with E-state index in [4.69, 9.17) is 5.73 Å². The van der Waals surface area contributed by atoms with E-state index in [-0.39, 0.29) is 23.6 Å². The molecule has 0 radical (unpaired) electrons. The molecule has 2 nitrogen and oxygen atoms in total. The fourth-order valence-electron chi connectivity index (χ4n) is 2.32. The van der Waals surface area contributed by atoms with Crippen molar-refractivity contribution in [2.75, 3.05) is 0 Å². The fourth-order valence-corrected chi connectivity index (χ4v) is 2.32. The van der Waals surface area contributed by atoms with Crippen molar-refractivity contribution in [3.63, 3.8) is 0 Å². The summed E-state index contributed by atoms with van der Waals surface area (Å²) in [5.74, 6) is -0.179. The van der Waals surface area contributed by atoms with E-state index in [0.717, 1.165) is 25.7 Å². The number of benzene rings is 1. The minimum absolute atomic E-state index is 0.0224. The molecule has 3 heteroatoms. The molecule has 0 aliphatic heterocycles. The van der Waals surface area contributed by atoms with Gasteiger partial charge in [0.15, 0.2) is 5.78 Å². The molecule has 86 valence electrons. The zero-order valence-electron chi connectivity index (χ0n) is 9.16. The Kier molecular flexibility index (Phi) is 3.34. The van der Waals surface area contributed by atoms with Gasteiger partial charge in [0.25, 0.3) is 0 Å². The van der Waals surface area contributed by atoms with Crippen molar-refractivity contribution in [2.24, 2.45) is 11.7 Å². The minimum Gasteiger partial charge on any atom is -0.328 e. The molecule has 0 saturated heterocycles. The van der Waals surface area contributed by atoms with Crippen LogP contribution in [0.4, 0.5) is 4.39 Å². The van der Waals surface area contributed by atoms with Gasteiger partial charge in [-0.2, -0.15) is 0 Å². The summed E-state index contributed by atoms with van der Waals surface area (Å²) < 4.78 is 12.7. The molecular weight excluding hydrogens is 205 g/mol. The number of hydrogen-bond acceptors (Lipinski definition) is 2. The summed E-state index contributed by atoms with van der Waals surface area (Å²) in [6, 6.07) is 5.91. The van der Waals surface area contributed by atoms with Crippen LogP contribution in [0.5, 0.6) is 0 Å². The Balaban J connectivity index is 2.09. The first-order valence-corrected chi connectivity index (χ1v) is 5.72. The third kappa shape index (κ3) is 2.47. The van der Waals surface area contributed by atoms with Gasteiger partial charge in [0.2, 0.25) is 0 Å². The van der Waals surface area contributed by atoms with Gasteiger partial charge in [-0.05, 0) is 43.5 Å². The molecule has 0 heterocycles. The molecule has 2 rings (SSSR count). The second-order valence-electron chi connectivity index (χ2n) is 4.49. The highest BCUT2D eigenvalue weighted by molar-refractivity contribution is 5.97. The summed E-state index contributed by atoms with van der Waals surface area (Å²) in [7, 11) is 0. The molecule has 1 aliphatic carbocycles. The maximum atomic E-state index is 12.7. The second kappa shape index (κ2) is 4.74. The average molecular weight is 221 g/mol. The molecule has 1 aliphatic rings. The average Bonchev–Trinajstić information content (AvgIpc) is 2.29. The van der Waals surface area contributed by atoms with Crippen molar-refractivity contribution in [3.05, 3.63) is 35.6 Å². The summed E-state index contributed by atoms with van der Waals surface area (Å²) in [6.07, 6.45) is 3.69. The van der Waals surface area contributed by atoms with Crippen molar-refractivity contribution < 1.29 is 9.18 Å². The van der Waals surface area contributed by atoms with Gasteiger partial charge < -0.3 is 5.73 Å². The third-order valence-corrected chi connectivity index (χ3v) is 3.21. The van der Waals surface area contributed by atoms with Crippen molar-refractivity contribution in [2.45, 2.75) is 31.7 Å². The van der Waals surface area contributed by atoms with Gasteiger partial charge in [0.1, 0.15) is 5.82 Å². The molecule has 2 unspecified atom stereocenters. The second-order valence-corrected chi connectivity index (χ2v) is 4.49. The van der Waals surface area contributed by atoms with E-state index in [2.05, 4.69) is 0 Å². The molecule has 0 spiro atoms. The van der Waals surface area contributed by atoms with Crippen molar-refractivity contribution in [3.8, 4) is 0 Å². The molecule has 16 heavy (non-hydrogen) atoms.